The Balaban J connectivity index is 1.38. The van der Waals surface area contributed by atoms with Gasteiger partial charge in [0, 0.05) is 36.7 Å². The van der Waals surface area contributed by atoms with E-state index >= 15 is 0 Å². The van der Waals surface area contributed by atoms with Gasteiger partial charge in [0.15, 0.2) is 4.96 Å². The Hall–Kier alpha value is -2.22. The molecule has 7 nitrogen and oxygen atoms in total. The van der Waals surface area contributed by atoms with E-state index in [1.807, 2.05) is 4.90 Å². The number of hydrogen-bond acceptors (Lipinski definition) is 6. The van der Waals surface area contributed by atoms with Crippen LogP contribution < -0.4 is 5.56 Å². The molecule has 8 heteroatoms. The molecule has 2 fully saturated rings. The van der Waals surface area contributed by atoms with Crippen LogP contribution in [-0.4, -0.2) is 38.7 Å². The number of nitrogens with zero attached hydrogens (tertiary/aromatic N) is 3. The van der Waals surface area contributed by atoms with Crippen LogP contribution in [-0.2, 0) is 20.9 Å². The molecule has 0 spiro atoms. The zero-order valence-corrected chi connectivity index (χ0v) is 17.0. The van der Waals surface area contributed by atoms with Crippen molar-refractivity contribution in [2.75, 3.05) is 6.54 Å². The molecule has 2 aromatic heterocycles. The molecule has 1 saturated heterocycles. The van der Waals surface area contributed by atoms with Gasteiger partial charge in [-0.05, 0) is 18.3 Å². The van der Waals surface area contributed by atoms with E-state index in [0.29, 0.717) is 29.0 Å². The van der Waals surface area contributed by atoms with E-state index < -0.39 is 5.92 Å². The van der Waals surface area contributed by atoms with Crippen LogP contribution in [0, 0.1) is 17.8 Å². The molecule has 28 heavy (non-hydrogen) atoms. The lowest BCUT2D eigenvalue weighted by molar-refractivity contribution is -0.149. The normalized spacial score (nSPS) is 28.1. The first kappa shape index (κ1) is 19.1. The molecular formula is C20H25N3O4S. The first-order valence-corrected chi connectivity index (χ1v) is 10.7. The predicted molar refractivity (Wildman–Crippen MR) is 105 cm³/mol. The van der Waals surface area contributed by atoms with Crippen LogP contribution >= 0.6 is 11.3 Å². The summed E-state index contributed by atoms with van der Waals surface area (Å²) in [6, 6.07) is 1.60. The van der Waals surface area contributed by atoms with Gasteiger partial charge in [-0.1, -0.05) is 26.7 Å². The minimum Gasteiger partial charge on any atom is -0.459 e. The first-order chi connectivity index (χ1) is 13.4. The van der Waals surface area contributed by atoms with Crippen molar-refractivity contribution >= 4 is 28.2 Å². The third-order valence-corrected chi connectivity index (χ3v) is 7.03. The van der Waals surface area contributed by atoms with Crippen LogP contribution in [0.15, 0.2) is 22.4 Å². The molecule has 1 amide bonds. The van der Waals surface area contributed by atoms with E-state index in [1.165, 1.54) is 28.2 Å². The van der Waals surface area contributed by atoms with Crippen LogP contribution in [0.1, 0.15) is 45.2 Å². The summed E-state index contributed by atoms with van der Waals surface area (Å²) < 4.78 is 6.85. The number of carbonyl (C=O) groups excluding carboxylic acids is 2. The summed E-state index contributed by atoms with van der Waals surface area (Å²) >= 11 is 1.35. The van der Waals surface area contributed by atoms with Gasteiger partial charge in [-0.25, -0.2) is 4.98 Å². The molecule has 1 saturated carbocycles. The van der Waals surface area contributed by atoms with Crippen LogP contribution in [0.25, 0.3) is 4.96 Å². The number of ether oxygens (including phenoxy) is 1. The number of amides is 1. The second-order valence-corrected chi connectivity index (χ2v) is 8.90. The van der Waals surface area contributed by atoms with Gasteiger partial charge < -0.3 is 9.64 Å². The number of thiazole rings is 1. The highest BCUT2D eigenvalue weighted by atomic mass is 32.1. The number of likely N-dealkylation sites (tertiary alicyclic amines) is 1. The van der Waals surface area contributed by atoms with E-state index in [1.54, 1.807) is 11.6 Å². The lowest BCUT2D eigenvalue weighted by atomic mass is 9.77. The van der Waals surface area contributed by atoms with Gasteiger partial charge in [0.2, 0.25) is 5.91 Å². The second-order valence-electron chi connectivity index (χ2n) is 8.03. The summed E-state index contributed by atoms with van der Waals surface area (Å²) in [5, 5.41) is 1.78. The third kappa shape index (κ3) is 3.57. The Labute approximate surface area is 167 Å². The minimum absolute atomic E-state index is 0.0456. The fraction of sp³-hybridized carbons (Fsp3) is 0.600. The number of fused-ring (bicyclic) bond motifs is 1. The largest absolute Gasteiger partial charge is 0.459 e. The van der Waals surface area contributed by atoms with Crippen molar-refractivity contribution in [3.8, 4) is 0 Å². The van der Waals surface area contributed by atoms with Crippen molar-refractivity contribution in [1.29, 1.82) is 0 Å². The van der Waals surface area contributed by atoms with Gasteiger partial charge in [-0.2, -0.15) is 0 Å². The standard InChI is InChI=1S/C20H25N3O4S/c1-12-4-3-5-16(13(12)2)23-10-14(8-17(23)24)19(26)27-11-15-9-18(25)22-6-7-28-20(22)21-15/h6-7,9,12-14,16H,3-5,8,10-11H2,1-2H3/t12-,13+,14+,16-/m0/s1. The maximum Gasteiger partial charge on any atom is 0.311 e. The van der Waals surface area contributed by atoms with E-state index in [0.717, 1.165) is 12.8 Å². The average molecular weight is 404 g/mol. The zero-order chi connectivity index (χ0) is 19.8. The Kier molecular flexibility index (Phi) is 5.23. The number of aromatic nitrogens is 2. The Bertz CT molecular complexity index is 952. The lowest BCUT2D eigenvalue weighted by Gasteiger charge is -2.39. The molecule has 0 N–H and O–H groups in total. The smallest absolute Gasteiger partial charge is 0.311 e. The maximum absolute atomic E-state index is 12.5. The molecule has 0 unspecified atom stereocenters. The topological polar surface area (TPSA) is 81.0 Å². The predicted octanol–water partition coefficient (Wildman–Crippen LogP) is 2.47. The molecule has 4 rings (SSSR count). The van der Waals surface area contributed by atoms with E-state index in [-0.39, 0.29) is 36.5 Å². The number of esters is 1. The molecular weight excluding hydrogens is 378 g/mol. The van der Waals surface area contributed by atoms with Crippen molar-refractivity contribution < 1.29 is 14.3 Å². The third-order valence-electron chi connectivity index (χ3n) is 6.27. The van der Waals surface area contributed by atoms with Crippen molar-refractivity contribution in [3.63, 3.8) is 0 Å². The first-order valence-electron chi connectivity index (χ1n) is 9.86. The molecule has 2 aliphatic rings. The zero-order valence-electron chi connectivity index (χ0n) is 16.2. The van der Waals surface area contributed by atoms with Gasteiger partial charge in [-0.15, -0.1) is 11.3 Å². The maximum atomic E-state index is 12.5. The molecule has 1 aliphatic heterocycles. The molecule has 4 atom stereocenters. The van der Waals surface area contributed by atoms with Crippen molar-refractivity contribution in [2.24, 2.45) is 17.8 Å². The molecule has 150 valence electrons. The quantitative estimate of drug-likeness (QED) is 0.733. The lowest BCUT2D eigenvalue weighted by Crippen LogP contribution is -2.45. The van der Waals surface area contributed by atoms with Gasteiger partial charge in [0.1, 0.15) is 6.61 Å². The van der Waals surface area contributed by atoms with Crippen LogP contribution in [0.2, 0.25) is 0 Å². The van der Waals surface area contributed by atoms with Crippen LogP contribution in [0.5, 0.6) is 0 Å². The summed E-state index contributed by atoms with van der Waals surface area (Å²) in [6.45, 7) is 4.82. The summed E-state index contributed by atoms with van der Waals surface area (Å²) in [6.07, 6.45) is 5.20. The molecule has 0 aromatic carbocycles. The number of hydrogen-bond donors (Lipinski definition) is 0. The number of carbonyl (C=O) groups is 2. The second kappa shape index (κ2) is 7.66. The minimum atomic E-state index is -0.441. The van der Waals surface area contributed by atoms with Crippen LogP contribution in [0.3, 0.4) is 0 Å². The summed E-state index contributed by atoms with van der Waals surface area (Å²) in [4.78, 5) is 43.9. The van der Waals surface area contributed by atoms with E-state index in [4.69, 9.17) is 4.74 Å². The van der Waals surface area contributed by atoms with Crippen molar-refractivity contribution in [3.05, 3.63) is 33.7 Å². The molecule has 1 aliphatic carbocycles. The van der Waals surface area contributed by atoms with Gasteiger partial charge in [0.25, 0.3) is 5.56 Å². The average Bonchev–Trinajstić information content (AvgIpc) is 3.29. The fourth-order valence-corrected chi connectivity index (χ4v) is 5.17. The SMILES string of the molecule is C[C@@H]1[C@@H](C)CCC[C@@H]1N1C[C@H](C(=O)OCc2cc(=O)n3ccsc3n2)CC1=O. The highest BCUT2D eigenvalue weighted by molar-refractivity contribution is 7.15. The van der Waals surface area contributed by atoms with E-state index in [9.17, 15) is 14.4 Å². The van der Waals surface area contributed by atoms with Crippen molar-refractivity contribution in [1.82, 2.24) is 14.3 Å². The van der Waals surface area contributed by atoms with Gasteiger partial charge in [0.05, 0.1) is 11.6 Å². The Morgan fingerprint density at radius 2 is 2.14 bits per heavy atom. The van der Waals surface area contributed by atoms with E-state index in [2.05, 4.69) is 18.8 Å². The molecule has 3 heterocycles. The van der Waals surface area contributed by atoms with Crippen LogP contribution in [0.4, 0.5) is 0 Å². The summed E-state index contributed by atoms with van der Waals surface area (Å²) in [5.41, 5.74) is 0.233. The highest BCUT2D eigenvalue weighted by Crippen LogP contribution is 2.35. The highest BCUT2D eigenvalue weighted by Gasteiger charge is 2.42. The monoisotopic (exact) mass is 403 g/mol. The summed E-state index contributed by atoms with van der Waals surface area (Å²) in [7, 11) is 0. The fourth-order valence-electron chi connectivity index (χ4n) is 4.43. The van der Waals surface area contributed by atoms with Crippen molar-refractivity contribution in [2.45, 2.75) is 52.2 Å². The Morgan fingerprint density at radius 1 is 1.32 bits per heavy atom. The number of rotatable bonds is 4. The molecule has 0 bridgehead atoms. The van der Waals surface area contributed by atoms with Gasteiger partial charge >= 0.3 is 5.97 Å². The molecule has 0 radical (unpaired) electrons. The molecule has 2 aromatic rings. The Morgan fingerprint density at radius 3 is 2.96 bits per heavy atom. The summed E-state index contributed by atoms with van der Waals surface area (Å²) in [5.74, 6) is 0.255. The van der Waals surface area contributed by atoms with Gasteiger partial charge in [-0.3, -0.25) is 18.8 Å².